The molecule has 0 unspecified atom stereocenters. The number of benzene rings is 1. The molecule has 1 heterocycles. The van der Waals surface area contributed by atoms with E-state index in [2.05, 4.69) is 11.2 Å². The lowest BCUT2D eigenvalue weighted by molar-refractivity contribution is 0.894. The standard InChI is InChI=1S/C12H9N3/c13-9-11-3-5-12(6-4-11)10-14-15-7-1-2-8-15/h1-8,10H/b14-10+. The van der Waals surface area contributed by atoms with E-state index in [1.807, 2.05) is 36.7 Å². The molecule has 0 aliphatic rings. The van der Waals surface area contributed by atoms with Crippen molar-refractivity contribution in [1.82, 2.24) is 4.68 Å². The number of rotatable bonds is 2. The molecule has 15 heavy (non-hydrogen) atoms. The van der Waals surface area contributed by atoms with Gasteiger partial charge in [-0.05, 0) is 29.8 Å². The Hall–Kier alpha value is -2.34. The lowest BCUT2D eigenvalue weighted by atomic mass is 10.2. The Labute approximate surface area is 87.9 Å². The minimum atomic E-state index is 0.660. The van der Waals surface area contributed by atoms with Crippen molar-refractivity contribution in [3.05, 3.63) is 59.9 Å². The van der Waals surface area contributed by atoms with E-state index in [0.29, 0.717) is 5.56 Å². The van der Waals surface area contributed by atoms with Gasteiger partial charge in [-0.1, -0.05) is 12.1 Å². The quantitative estimate of drug-likeness (QED) is 0.677. The molecule has 0 spiro atoms. The fourth-order valence-electron chi connectivity index (χ4n) is 1.18. The van der Waals surface area contributed by atoms with Crippen LogP contribution in [-0.4, -0.2) is 10.9 Å². The summed E-state index contributed by atoms with van der Waals surface area (Å²) in [6.45, 7) is 0. The minimum absolute atomic E-state index is 0.660. The molecule has 2 aromatic rings. The molecule has 0 saturated carbocycles. The molecule has 72 valence electrons. The van der Waals surface area contributed by atoms with Gasteiger partial charge in [0.15, 0.2) is 0 Å². The molecule has 0 saturated heterocycles. The van der Waals surface area contributed by atoms with Gasteiger partial charge in [0.1, 0.15) is 0 Å². The number of hydrogen-bond donors (Lipinski definition) is 0. The first-order valence-electron chi connectivity index (χ1n) is 4.56. The van der Waals surface area contributed by atoms with Crippen molar-refractivity contribution in [1.29, 1.82) is 5.26 Å². The van der Waals surface area contributed by atoms with Crippen molar-refractivity contribution in [3.8, 4) is 6.07 Å². The molecular weight excluding hydrogens is 186 g/mol. The van der Waals surface area contributed by atoms with Gasteiger partial charge < -0.3 is 0 Å². The predicted molar refractivity (Wildman–Crippen MR) is 58.6 cm³/mol. The van der Waals surface area contributed by atoms with Crippen LogP contribution >= 0.6 is 0 Å². The second-order valence-corrected chi connectivity index (χ2v) is 3.04. The van der Waals surface area contributed by atoms with Crippen molar-refractivity contribution in [2.75, 3.05) is 0 Å². The van der Waals surface area contributed by atoms with Crippen LogP contribution in [0.5, 0.6) is 0 Å². The van der Waals surface area contributed by atoms with Gasteiger partial charge in [-0.15, -0.1) is 0 Å². The predicted octanol–water partition coefficient (Wildman–Crippen LogP) is 2.24. The molecule has 0 amide bonds. The molecule has 0 N–H and O–H groups in total. The highest BCUT2D eigenvalue weighted by molar-refractivity contribution is 5.79. The zero-order chi connectivity index (χ0) is 10.5. The average Bonchev–Trinajstić information content (AvgIpc) is 2.80. The van der Waals surface area contributed by atoms with E-state index in [1.54, 1.807) is 23.0 Å². The van der Waals surface area contributed by atoms with E-state index in [1.165, 1.54) is 0 Å². The van der Waals surface area contributed by atoms with Crippen LogP contribution in [-0.2, 0) is 0 Å². The molecule has 0 atom stereocenters. The van der Waals surface area contributed by atoms with Crippen LogP contribution in [0.1, 0.15) is 11.1 Å². The van der Waals surface area contributed by atoms with Gasteiger partial charge in [0, 0.05) is 12.4 Å². The fourth-order valence-corrected chi connectivity index (χ4v) is 1.18. The molecule has 0 radical (unpaired) electrons. The molecule has 3 heteroatoms. The van der Waals surface area contributed by atoms with Gasteiger partial charge in [0.25, 0.3) is 0 Å². The molecular formula is C12H9N3. The van der Waals surface area contributed by atoms with Crippen molar-refractivity contribution >= 4 is 6.21 Å². The van der Waals surface area contributed by atoms with Crippen LogP contribution in [0.3, 0.4) is 0 Å². The average molecular weight is 195 g/mol. The van der Waals surface area contributed by atoms with E-state index < -0.39 is 0 Å². The molecule has 1 aromatic carbocycles. The third-order valence-corrected chi connectivity index (χ3v) is 1.97. The van der Waals surface area contributed by atoms with Crippen LogP contribution < -0.4 is 0 Å². The van der Waals surface area contributed by atoms with Gasteiger partial charge in [-0.25, -0.2) is 4.68 Å². The van der Waals surface area contributed by atoms with Crippen LogP contribution in [0.15, 0.2) is 53.9 Å². The molecule has 1 aromatic heterocycles. The van der Waals surface area contributed by atoms with Crippen LogP contribution in [0.4, 0.5) is 0 Å². The Morgan fingerprint density at radius 1 is 1.13 bits per heavy atom. The minimum Gasteiger partial charge on any atom is -0.248 e. The highest BCUT2D eigenvalue weighted by atomic mass is 15.3. The monoisotopic (exact) mass is 195 g/mol. The lowest BCUT2D eigenvalue weighted by Gasteiger charge is -1.93. The Bertz CT molecular complexity index is 487. The van der Waals surface area contributed by atoms with E-state index in [9.17, 15) is 0 Å². The third-order valence-electron chi connectivity index (χ3n) is 1.97. The summed E-state index contributed by atoms with van der Waals surface area (Å²) in [6.07, 6.45) is 5.47. The fraction of sp³-hybridized carbons (Fsp3) is 0. The van der Waals surface area contributed by atoms with Gasteiger partial charge in [-0.2, -0.15) is 10.4 Å². The highest BCUT2D eigenvalue weighted by Crippen LogP contribution is 2.01. The van der Waals surface area contributed by atoms with Crippen molar-refractivity contribution < 1.29 is 0 Å². The Kier molecular flexibility index (Phi) is 2.61. The second kappa shape index (κ2) is 4.25. The number of aromatic nitrogens is 1. The number of nitriles is 1. The summed E-state index contributed by atoms with van der Waals surface area (Å²) in [7, 11) is 0. The summed E-state index contributed by atoms with van der Waals surface area (Å²) in [5.74, 6) is 0. The summed E-state index contributed by atoms with van der Waals surface area (Å²) < 4.78 is 1.72. The zero-order valence-corrected chi connectivity index (χ0v) is 8.04. The molecule has 3 nitrogen and oxygen atoms in total. The maximum absolute atomic E-state index is 8.62. The maximum Gasteiger partial charge on any atom is 0.0991 e. The molecule has 0 fully saturated rings. The highest BCUT2D eigenvalue weighted by Gasteiger charge is 1.89. The normalized spacial score (nSPS) is 10.3. The van der Waals surface area contributed by atoms with Crippen LogP contribution in [0.2, 0.25) is 0 Å². The van der Waals surface area contributed by atoms with E-state index >= 15 is 0 Å². The number of nitrogens with zero attached hydrogens (tertiary/aromatic N) is 3. The van der Waals surface area contributed by atoms with Crippen molar-refractivity contribution in [3.63, 3.8) is 0 Å². The molecule has 0 aliphatic carbocycles. The number of hydrogen-bond acceptors (Lipinski definition) is 2. The largest absolute Gasteiger partial charge is 0.248 e. The Morgan fingerprint density at radius 3 is 2.40 bits per heavy atom. The first-order chi connectivity index (χ1) is 7.38. The maximum atomic E-state index is 8.62. The molecule has 2 rings (SSSR count). The zero-order valence-electron chi connectivity index (χ0n) is 8.04. The summed E-state index contributed by atoms with van der Waals surface area (Å²) in [5, 5.41) is 12.8. The van der Waals surface area contributed by atoms with Gasteiger partial charge >= 0.3 is 0 Å². The first kappa shape index (κ1) is 9.22. The van der Waals surface area contributed by atoms with Crippen molar-refractivity contribution in [2.45, 2.75) is 0 Å². The molecule has 0 aliphatic heterocycles. The lowest BCUT2D eigenvalue weighted by Crippen LogP contribution is -1.86. The van der Waals surface area contributed by atoms with E-state index in [-0.39, 0.29) is 0 Å². The van der Waals surface area contributed by atoms with E-state index in [0.717, 1.165) is 5.56 Å². The Morgan fingerprint density at radius 2 is 1.80 bits per heavy atom. The SMILES string of the molecule is N#Cc1ccc(/C=N/n2cccc2)cc1. The first-order valence-corrected chi connectivity index (χ1v) is 4.56. The summed E-state index contributed by atoms with van der Waals surface area (Å²) in [5.41, 5.74) is 1.64. The van der Waals surface area contributed by atoms with Gasteiger partial charge in [-0.3, -0.25) is 0 Å². The summed E-state index contributed by atoms with van der Waals surface area (Å²) >= 11 is 0. The second-order valence-electron chi connectivity index (χ2n) is 3.04. The van der Waals surface area contributed by atoms with Crippen molar-refractivity contribution in [2.24, 2.45) is 5.10 Å². The Balaban J connectivity index is 2.15. The van der Waals surface area contributed by atoms with Gasteiger partial charge in [0.2, 0.25) is 0 Å². The topological polar surface area (TPSA) is 41.1 Å². The van der Waals surface area contributed by atoms with Gasteiger partial charge in [0.05, 0.1) is 17.8 Å². The summed E-state index contributed by atoms with van der Waals surface area (Å²) in [6, 6.07) is 13.2. The third kappa shape index (κ3) is 2.32. The van der Waals surface area contributed by atoms with Crippen LogP contribution in [0, 0.1) is 11.3 Å². The van der Waals surface area contributed by atoms with E-state index in [4.69, 9.17) is 5.26 Å². The smallest absolute Gasteiger partial charge is 0.0991 e. The van der Waals surface area contributed by atoms with Crippen LogP contribution in [0.25, 0.3) is 0 Å². The summed E-state index contributed by atoms with van der Waals surface area (Å²) in [4.78, 5) is 0. The molecule has 0 bridgehead atoms.